The van der Waals surface area contributed by atoms with E-state index < -0.39 is 32.5 Å². The van der Waals surface area contributed by atoms with Crippen LogP contribution in [0.3, 0.4) is 0 Å². The third-order valence-electron chi connectivity index (χ3n) is 8.58. The Bertz CT molecular complexity index is 1130. The summed E-state index contributed by atoms with van der Waals surface area (Å²) in [6, 6.07) is 0. The van der Waals surface area contributed by atoms with Gasteiger partial charge in [0.1, 0.15) is 6.61 Å². The maximum Gasteiger partial charge on any atom is 0.472 e. The molecule has 0 saturated heterocycles. The van der Waals surface area contributed by atoms with Crippen molar-refractivity contribution in [1.29, 1.82) is 0 Å². The molecular weight excluding hydrogens is 713 g/mol. The molecule has 0 spiro atoms. The highest BCUT2D eigenvalue weighted by atomic mass is 31.2. The van der Waals surface area contributed by atoms with Crippen LogP contribution in [0, 0.1) is 0 Å². The number of esters is 2. The van der Waals surface area contributed by atoms with Gasteiger partial charge < -0.3 is 20.1 Å². The first-order valence-corrected chi connectivity index (χ1v) is 22.9. The van der Waals surface area contributed by atoms with Gasteiger partial charge in [-0.1, -0.05) is 145 Å². The fraction of sp³-hybridized carbons (Fsp3) is 0.689. The summed E-state index contributed by atoms with van der Waals surface area (Å²) in [5.74, 6) is -0.871. The molecule has 10 heteroatoms. The van der Waals surface area contributed by atoms with Gasteiger partial charge in [-0.2, -0.15) is 0 Å². The molecular formula is C45H78NO8P. The van der Waals surface area contributed by atoms with Crippen LogP contribution in [0.5, 0.6) is 0 Å². The van der Waals surface area contributed by atoms with Crippen LogP contribution in [0.1, 0.15) is 168 Å². The molecule has 0 rings (SSSR count). The van der Waals surface area contributed by atoms with E-state index in [1.807, 2.05) is 0 Å². The van der Waals surface area contributed by atoms with Crippen molar-refractivity contribution < 1.29 is 37.6 Å². The van der Waals surface area contributed by atoms with E-state index in [-0.39, 0.29) is 32.6 Å². The average Bonchev–Trinajstić information content (AvgIpc) is 3.17. The van der Waals surface area contributed by atoms with Crippen molar-refractivity contribution in [1.82, 2.24) is 0 Å². The molecule has 0 aliphatic heterocycles. The number of phosphoric acid groups is 1. The van der Waals surface area contributed by atoms with Crippen LogP contribution in [0.25, 0.3) is 0 Å². The molecule has 0 aromatic carbocycles. The normalized spacial score (nSPS) is 14.0. The van der Waals surface area contributed by atoms with E-state index in [0.29, 0.717) is 6.42 Å². The Kier molecular flexibility index (Phi) is 39.2. The molecule has 0 radical (unpaired) electrons. The van der Waals surface area contributed by atoms with Crippen LogP contribution in [-0.2, 0) is 32.7 Å². The molecule has 0 aliphatic carbocycles. The van der Waals surface area contributed by atoms with Crippen molar-refractivity contribution >= 4 is 19.8 Å². The lowest BCUT2D eigenvalue weighted by Crippen LogP contribution is -2.29. The second kappa shape index (κ2) is 41.1. The van der Waals surface area contributed by atoms with Crippen LogP contribution in [0.4, 0.5) is 0 Å². The maximum atomic E-state index is 12.6. The highest BCUT2D eigenvalue weighted by molar-refractivity contribution is 7.47. The second-order valence-electron chi connectivity index (χ2n) is 13.8. The summed E-state index contributed by atoms with van der Waals surface area (Å²) < 4.78 is 32.7. The molecule has 3 N–H and O–H groups in total. The van der Waals surface area contributed by atoms with Crippen LogP contribution in [0.2, 0.25) is 0 Å². The molecule has 0 saturated carbocycles. The monoisotopic (exact) mass is 792 g/mol. The highest BCUT2D eigenvalue weighted by Gasteiger charge is 2.26. The molecule has 316 valence electrons. The topological polar surface area (TPSA) is 134 Å². The lowest BCUT2D eigenvalue weighted by atomic mass is 10.1. The Balaban J connectivity index is 4.23. The van der Waals surface area contributed by atoms with Gasteiger partial charge in [0.2, 0.25) is 0 Å². The fourth-order valence-corrected chi connectivity index (χ4v) is 6.18. The Labute approximate surface area is 335 Å². The van der Waals surface area contributed by atoms with Crippen LogP contribution in [-0.4, -0.2) is 49.3 Å². The number of nitrogens with two attached hydrogens (primary N) is 1. The number of carbonyl (C=O) groups excluding carboxylic acids is 2. The van der Waals surface area contributed by atoms with Gasteiger partial charge in [-0.25, -0.2) is 4.57 Å². The molecule has 0 aromatic rings. The molecule has 0 heterocycles. The fourth-order valence-electron chi connectivity index (χ4n) is 5.42. The largest absolute Gasteiger partial charge is 0.472 e. The summed E-state index contributed by atoms with van der Waals surface area (Å²) in [5.41, 5.74) is 5.34. The summed E-state index contributed by atoms with van der Waals surface area (Å²) >= 11 is 0. The molecule has 0 aliphatic rings. The Morgan fingerprint density at radius 3 is 1.49 bits per heavy atom. The zero-order chi connectivity index (χ0) is 40.3. The zero-order valence-corrected chi connectivity index (χ0v) is 35.5. The number of rotatable bonds is 39. The predicted molar refractivity (Wildman–Crippen MR) is 229 cm³/mol. The van der Waals surface area contributed by atoms with Gasteiger partial charge in [-0.15, -0.1) is 0 Å². The van der Waals surface area contributed by atoms with Gasteiger partial charge in [0.05, 0.1) is 13.2 Å². The van der Waals surface area contributed by atoms with Crippen molar-refractivity contribution in [3.05, 3.63) is 72.9 Å². The molecule has 9 nitrogen and oxygen atoms in total. The van der Waals surface area contributed by atoms with Crippen molar-refractivity contribution in [3.8, 4) is 0 Å². The molecule has 0 fully saturated rings. The molecule has 0 amide bonds. The maximum absolute atomic E-state index is 12.6. The number of ether oxygens (including phenoxy) is 2. The standard InChI is InChI=1S/C45H78NO8P/c1-3-5-7-9-11-13-15-17-19-21-23-25-27-29-31-33-35-37-44(47)51-41-43(42-53-55(49,50)52-40-39-46)54-45(48)38-36-34-32-30-28-26-24-22-20-18-16-14-12-10-8-6-4-2/h6,8,11-14,17-20,24,26,43H,3-5,7,9-10,15-16,21-23,25,27-42,46H2,1-2H3,(H,49,50)/b8-6-,13-11-,14-12-,19-17-,20-18-,26-24-. The SMILES string of the molecule is CC/C=C\C/C=C\C/C=C\C/C=C\CCCCCCC(=O)OC(COC(=O)CCCCCCCCC/C=C\C/C=C\CCCCC)COP(=O)(O)OCCN. The van der Waals surface area contributed by atoms with Crippen LogP contribution >= 0.6 is 7.82 Å². The average molecular weight is 792 g/mol. The number of hydrogen-bond donors (Lipinski definition) is 2. The third kappa shape index (κ3) is 40.9. The van der Waals surface area contributed by atoms with Gasteiger partial charge in [-0.3, -0.25) is 18.6 Å². The molecule has 2 atom stereocenters. The number of carbonyl (C=O) groups is 2. The van der Waals surface area contributed by atoms with Gasteiger partial charge in [0.15, 0.2) is 6.10 Å². The molecule has 0 aromatic heterocycles. The zero-order valence-electron chi connectivity index (χ0n) is 34.6. The second-order valence-corrected chi connectivity index (χ2v) is 15.3. The quantitative estimate of drug-likeness (QED) is 0.0270. The van der Waals surface area contributed by atoms with E-state index in [2.05, 4.69) is 86.8 Å². The molecule has 0 bridgehead atoms. The van der Waals surface area contributed by atoms with Crippen molar-refractivity contribution in [3.63, 3.8) is 0 Å². The van der Waals surface area contributed by atoms with Crippen LogP contribution in [0.15, 0.2) is 72.9 Å². The van der Waals surface area contributed by atoms with E-state index in [4.69, 9.17) is 24.3 Å². The molecule has 2 unspecified atom stereocenters. The lowest BCUT2D eigenvalue weighted by Gasteiger charge is -2.19. The van der Waals surface area contributed by atoms with Gasteiger partial charge in [-0.05, 0) is 83.5 Å². The highest BCUT2D eigenvalue weighted by Crippen LogP contribution is 2.43. The van der Waals surface area contributed by atoms with Crippen LogP contribution < -0.4 is 5.73 Å². The first-order chi connectivity index (χ1) is 26.8. The first-order valence-electron chi connectivity index (χ1n) is 21.4. The summed E-state index contributed by atoms with van der Waals surface area (Å²) in [5, 5.41) is 0. The number of phosphoric ester groups is 1. The molecule has 55 heavy (non-hydrogen) atoms. The van der Waals surface area contributed by atoms with E-state index >= 15 is 0 Å². The van der Waals surface area contributed by atoms with Crippen molar-refractivity contribution in [2.75, 3.05) is 26.4 Å². The smallest absolute Gasteiger partial charge is 0.462 e. The number of unbranched alkanes of at least 4 members (excludes halogenated alkanes) is 14. The summed E-state index contributed by atoms with van der Waals surface area (Å²) in [6.45, 7) is 3.54. The lowest BCUT2D eigenvalue weighted by molar-refractivity contribution is -0.161. The van der Waals surface area contributed by atoms with E-state index in [1.165, 1.54) is 44.9 Å². The number of hydrogen-bond acceptors (Lipinski definition) is 8. The van der Waals surface area contributed by atoms with E-state index in [0.717, 1.165) is 89.9 Å². The summed E-state index contributed by atoms with van der Waals surface area (Å²) in [7, 11) is -4.39. The Morgan fingerprint density at radius 2 is 1.00 bits per heavy atom. The summed E-state index contributed by atoms with van der Waals surface area (Å²) in [4.78, 5) is 34.9. The minimum atomic E-state index is -4.39. The Hall–Kier alpha value is -2.55. The van der Waals surface area contributed by atoms with E-state index in [9.17, 15) is 19.0 Å². The van der Waals surface area contributed by atoms with Crippen molar-refractivity contribution in [2.24, 2.45) is 5.73 Å². The third-order valence-corrected chi connectivity index (χ3v) is 9.56. The predicted octanol–water partition coefficient (Wildman–Crippen LogP) is 12.3. The van der Waals surface area contributed by atoms with Crippen molar-refractivity contribution in [2.45, 2.75) is 174 Å². The van der Waals surface area contributed by atoms with E-state index in [1.54, 1.807) is 0 Å². The van der Waals surface area contributed by atoms with Gasteiger partial charge in [0.25, 0.3) is 0 Å². The van der Waals surface area contributed by atoms with Gasteiger partial charge >= 0.3 is 19.8 Å². The summed E-state index contributed by atoms with van der Waals surface area (Å²) in [6.07, 6.45) is 49.2. The first kappa shape index (κ1) is 52.5. The minimum Gasteiger partial charge on any atom is -0.462 e. The minimum absolute atomic E-state index is 0.0442. The van der Waals surface area contributed by atoms with Gasteiger partial charge in [0, 0.05) is 19.4 Å². The number of allylic oxidation sites excluding steroid dienone is 12. The Morgan fingerprint density at radius 1 is 0.564 bits per heavy atom.